The number of hydrogen-bond acceptors (Lipinski definition) is 3. The fraction of sp³-hybridized carbons (Fsp3) is 0.0769. The van der Waals surface area contributed by atoms with Gasteiger partial charge in [-0.3, -0.25) is 0 Å². The largest absolute Gasteiger partial charge is 0.508 e. The van der Waals surface area contributed by atoms with Gasteiger partial charge in [-0.05, 0) is 29.8 Å². The van der Waals surface area contributed by atoms with Crippen molar-refractivity contribution < 1.29 is 19.3 Å². The second-order valence-electron chi connectivity index (χ2n) is 3.55. The molecule has 0 saturated carbocycles. The smallest absolute Gasteiger partial charge is 0.161 e. The molecular formula is C13H11FO3. The molecule has 2 aromatic rings. The fourth-order valence-corrected chi connectivity index (χ4v) is 1.58. The van der Waals surface area contributed by atoms with Crippen LogP contribution in [0.3, 0.4) is 0 Å². The molecule has 2 N–H and O–H groups in total. The molecule has 0 saturated heterocycles. The van der Waals surface area contributed by atoms with Gasteiger partial charge in [-0.2, -0.15) is 0 Å². The van der Waals surface area contributed by atoms with Crippen LogP contribution in [-0.2, 0) is 0 Å². The number of phenolic OH excluding ortho intramolecular Hbond substituents is 2. The highest BCUT2D eigenvalue weighted by Crippen LogP contribution is 2.33. The maximum absolute atomic E-state index is 13.6. The minimum Gasteiger partial charge on any atom is -0.508 e. The molecule has 0 radical (unpaired) electrons. The van der Waals surface area contributed by atoms with Crippen molar-refractivity contribution in [1.82, 2.24) is 0 Å². The lowest BCUT2D eigenvalue weighted by molar-refractivity contribution is 0.373. The fourth-order valence-electron chi connectivity index (χ4n) is 1.58. The van der Waals surface area contributed by atoms with Crippen LogP contribution in [0.2, 0.25) is 0 Å². The van der Waals surface area contributed by atoms with Gasteiger partial charge < -0.3 is 14.9 Å². The summed E-state index contributed by atoms with van der Waals surface area (Å²) in [6, 6.07) is 8.45. The molecule has 0 bridgehead atoms. The van der Waals surface area contributed by atoms with Crippen LogP contribution in [0.15, 0.2) is 36.4 Å². The van der Waals surface area contributed by atoms with Crippen molar-refractivity contribution >= 4 is 0 Å². The monoisotopic (exact) mass is 234 g/mol. The zero-order valence-electron chi connectivity index (χ0n) is 9.14. The lowest BCUT2D eigenvalue weighted by Gasteiger charge is -2.08. The van der Waals surface area contributed by atoms with E-state index in [4.69, 9.17) is 9.84 Å². The van der Waals surface area contributed by atoms with Crippen LogP contribution in [0.5, 0.6) is 17.2 Å². The first-order valence-corrected chi connectivity index (χ1v) is 4.97. The number of rotatable bonds is 2. The standard InChI is InChI=1S/C13H11FO3/c1-17-13-6-8(2-5-12(13)16)10-4-3-9(15)7-11(10)14/h2-7,15-16H,1H3. The summed E-state index contributed by atoms with van der Waals surface area (Å²) in [6.07, 6.45) is 0. The van der Waals surface area contributed by atoms with Crippen molar-refractivity contribution in [2.45, 2.75) is 0 Å². The van der Waals surface area contributed by atoms with Gasteiger partial charge in [0.15, 0.2) is 11.5 Å². The van der Waals surface area contributed by atoms with Gasteiger partial charge in [0.05, 0.1) is 7.11 Å². The zero-order valence-corrected chi connectivity index (χ0v) is 9.14. The van der Waals surface area contributed by atoms with Crippen LogP contribution in [0.1, 0.15) is 0 Å². The molecule has 0 fully saturated rings. The Kier molecular flexibility index (Phi) is 2.87. The quantitative estimate of drug-likeness (QED) is 0.839. The number of aromatic hydroxyl groups is 2. The third kappa shape index (κ3) is 2.15. The number of benzene rings is 2. The van der Waals surface area contributed by atoms with E-state index in [-0.39, 0.29) is 17.2 Å². The molecule has 0 aliphatic carbocycles. The maximum Gasteiger partial charge on any atom is 0.161 e. The number of phenols is 2. The Labute approximate surface area is 97.7 Å². The van der Waals surface area contributed by atoms with Gasteiger partial charge in [0, 0.05) is 11.6 Å². The molecule has 0 aromatic heterocycles. The molecular weight excluding hydrogens is 223 g/mol. The predicted molar refractivity (Wildman–Crippen MR) is 61.7 cm³/mol. The van der Waals surface area contributed by atoms with E-state index in [0.29, 0.717) is 11.1 Å². The molecule has 0 atom stereocenters. The van der Waals surface area contributed by atoms with E-state index < -0.39 is 5.82 Å². The van der Waals surface area contributed by atoms with Crippen LogP contribution in [0, 0.1) is 5.82 Å². The van der Waals surface area contributed by atoms with Crippen molar-refractivity contribution in [2.75, 3.05) is 7.11 Å². The van der Waals surface area contributed by atoms with E-state index in [1.54, 1.807) is 6.07 Å². The average molecular weight is 234 g/mol. The Balaban J connectivity index is 2.53. The van der Waals surface area contributed by atoms with Crippen LogP contribution in [0.25, 0.3) is 11.1 Å². The number of hydrogen-bond donors (Lipinski definition) is 2. The first-order valence-electron chi connectivity index (χ1n) is 4.97. The molecule has 2 aromatic carbocycles. The third-order valence-electron chi connectivity index (χ3n) is 2.44. The molecule has 0 spiro atoms. The molecule has 0 aliphatic rings. The lowest BCUT2D eigenvalue weighted by atomic mass is 10.0. The average Bonchev–Trinajstić information content (AvgIpc) is 2.30. The van der Waals surface area contributed by atoms with E-state index >= 15 is 0 Å². The highest BCUT2D eigenvalue weighted by molar-refractivity contribution is 5.68. The second kappa shape index (κ2) is 4.33. The Bertz CT molecular complexity index is 552. The van der Waals surface area contributed by atoms with E-state index in [0.717, 1.165) is 6.07 Å². The van der Waals surface area contributed by atoms with Crippen molar-refractivity contribution in [3.05, 3.63) is 42.2 Å². The number of halogens is 1. The molecule has 0 heterocycles. The molecule has 17 heavy (non-hydrogen) atoms. The summed E-state index contributed by atoms with van der Waals surface area (Å²) in [5.41, 5.74) is 0.901. The van der Waals surface area contributed by atoms with Crippen LogP contribution >= 0.6 is 0 Å². The van der Waals surface area contributed by atoms with E-state index in [2.05, 4.69) is 0 Å². The Morgan fingerprint density at radius 2 is 1.82 bits per heavy atom. The number of methoxy groups -OCH3 is 1. The molecule has 3 nitrogen and oxygen atoms in total. The Morgan fingerprint density at radius 1 is 1.06 bits per heavy atom. The minimum atomic E-state index is -0.530. The van der Waals surface area contributed by atoms with Crippen LogP contribution in [-0.4, -0.2) is 17.3 Å². The molecule has 4 heteroatoms. The van der Waals surface area contributed by atoms with Crippen molar-refractivity contribution in [2.24, 2.45) is 0 Å². The highest BCUT2D eigenvalue weighted by Gasteiger charge is 2.09. The van der Waals surface area contributed by atoms with E-state index in [1.165, 1.54) is 31.4 Å². The van der Waals surface area contributed by atoms with Crippen molar-refractivity contribution in [3.63, 3.8) is 0 Å². The molecule has 2 rings (SSSR count). The van der Waals surface area contributed by atoms with E-state index in [1.807, 2.05) is 0 Å². The molecule has 0 amide bonds. The van der Waals surface area contributed by atoms with Gasteiger partial charge in [0.25, 0.3) is 0 Å². The third-order valence-corrected chi connectivity index (χ3v) is 2.44. The summed E-state index contributed by atoms with van der Waals surface area (Å²) in [7, 11) is 1.42. The summed E-state index contributed by atoms with van der Waals surface area (Å²) in [5.74, 6) is -0.389. The minimum absolute atomic E-state index is 0.00423. The highest BCUT2D eigenvalue weighted by atomic mass is 19.1. The van der Waals surface area contributed by atoms with Gasteiger partial charge in [0.2, 0.25) is 0 Å². The summed E-state index contributed by atoms with van der Waals surface area (Å²) >= 11 is 0. The lowest BCUT2D eigenvalue weighted by Crippen LogP contribution is -1.87. The number of ether oxygens (including phenoxy) is 1. The van der Waals surface area contributed by atoms with Gasteiger partial charge in [-0.15, -0.1) is 0 Å². The zero-order chi connectivity index (χ0) is 12.4. The maximum atomic E-state index is 13.6. The van der Waals surface area contributed by atoms with Gasteiger partial charge >= 0.3 is 0 Å². The van der Waals surface area contributed by atoms with Gasteiger partial charge in [-0.25, -0.2) is 4.39 Å². The summed E-state index contributed by atoms with van der Waals surface area (Å²) in [6.45, 7) is 0. The first kappa shape index (κ1) is 11.3. The summed E-state index contributed by atoms with van der Waals surface area (Å²) < 4.78 is 18.6. The summed E-state index contributed by atoms with van der Waals surface area (Å²) in [4.78, 5) is 0. The first-order chi connectivity index (χ1) is 8.11. The van der Waals surface area contributed by atoms with Crippen LogP contribution < -0.4 is 4.74 Å². The van der Waals surface area contributed by atoms with Crippen LogP contribution in [0.4, 0.5) is 4.39 Å². The van der Waals surface area contributed by atoms with Crippen molar-refractivity contribution in [3.8, 4) is 28.4 Å². The van der Waals surface area contributed by atoms with E-state index in [9.17, 15) is 9.50 Å². The topological polar surface area (TPSA) is 49.7 Å². The Morgan fingerprint density at radius 3 is 2.47 bits per heavy atom. The van der Waals surface area contributed by atoms with Gasteiger partial charge in [0.1, 0.15) is 11.6 Å². The molecule has 0 unspecified atom stereocenters. The second-order valence-corrected chi connectivity index (χ2v) is 3.55. The summed E-state index contributed by atoms with van der Waals surface area (Å²) in [5, 5.41) is 18.6. The SMILES string of the molecule is COc1cc(-c2ccc(O)cc2F)ccc1O. The van der Waals surface area contributed by atoms with Crippen molar-refractivity contribution in [1.29, 1.82) is 0 Å². The molecule has 0 aliphatic heterocycles. The predicted octanol–water partition coefficient (Wildman–Crippen LogP) is 2.91. The van der Waals surface area contributed by atoms with Gasteiger partial charge in [-0.1, -0.05) is 6.07 Å². The normalized spacial score (nSPS) is 10.2. The Hall–Kier alpha value is -2.23. The molecule has 88 valence electrons.